The first-order valence-corrected chi connectivity index (χ1v) is 9.27. The molecule has 0 spiro atoms. The van der Waals surface area contributed by atoms with Gasteiger partial charge < -0.3 is 10.1 Å². The Morgan fingerprint density at radius 3 is 2.39 bits per heavy atom. The van der Waals surface area contributed by atoms with E-state index in [2.05, 4.69) is 17.4 Å². The molecule has 0 saturated heterocycles. The van der Waals surface area contributed by atoms with Crippen LogP contribution < -0.4 is 5.32 Å². The summed E-state index contributed by atoms with van der Waals surface area (Å²) in [5, 5.41) is 3.16. The number of carbonyl (C=O) groups excluding carboxylic acids is 2. The number of ether oxygens (including phenoxy) is 1. The van der Waals surface area contributed by atoms with Crippen molar-refractivity contribution in [1.82, 2.24) is 0 Å². The first-order chi connectivity index (χ1) is 13.6. The summed E-state index contributed by atoms with van der Waals surface area (Å²) in [7, 11) is 1.30. The van der Waals surface area contributed by atoms with Gasteiger partial charge in [0.1, 0.15) is 0 Å². The number of halogens is 1. The summed E-state index contributed by atoms with van der Waals surface area (Å²) in [6, 6.07) is 22.2. The summed E-state index contributed by atoms with van der Waals surface area (Å²) in [5.41, 5.74) is 3.43. The molecule has 1 N–H and O–H groups in total. The highest BCUT2D eigenvalue weighted by molar-refractivity contribution is 6.34. The van der Waals surface area contributed by atoms with E-state index in [1.54, 1.807) is 18.2 Å². The van der Waals surface area contributed by atoms with Crippen molar-refractivity contribution in [1.29, 1.82) is 0 Å². The molecule has 0 unspecified atom stereocenters. The van der Waals surface area contributed by atoms with Crippen LogP contribution in [-0.4, -0.2) is 19.0 Å². The lowest BCUT2D eigenvalue weighted by Crippen LogP contribution is -2.15. The minimum absolute atomic E-state index is 0.271. The number of hydrogen-bond donors (Lipinski definition) is 1. The molecule has 4 nitrogen and oxygen atoms in total. The predicted octanol–water partition coefficient (Wildman–Crippen LogP) is 5.16. The largest absolute Gasteiger partial charge is 0.465 e. The van der Waals surface area contributed by atoms with Crippen LogP contribution in [0.1, 0.15) is 31.8 Å². The number of anilines is 1. The number of carbonyl (C=O) groups is 2. The molecule has 0 radical (unpaired) electrons. The number of benzene rings is 3. The van der Waals surface area contributed by atoms with E-state index in [4.69, 9.17) is 16.3 Å². The minimum atomic E-state index is -0.490. The van der Waals surface area contributed by atoms with E-state index in [1.165, 1.54) is 18.7 Å². The predicted molar refractivity (Wildman–Crippen MR) is 111 cm³/mol. The number of amides is 1. The molecular formula is C23H20ClNO3. The lowest BCUT2D eigenvalue weighted by atomic mass is 9.99. The number of esters is 1. The SMILES string of the molecule is COC(=O)c1ccc(Cl)c(NC(=O)c2ccccc2CCc2ccccc2)c1. The molecule has 3 aromatic carbocycles. The fourth-order valence-electron chi connectivity index (χ4n) is 2.94. The lowest BCUT2D eigenvalue weighted by molar-refractivity contribution is 0.0600. The third-order valence-corrected chi connectivity index (χ3v) is 4.75. The standard InChI is InChI=1S/C23H20ClNO3/c1-28-23(27)18-13-14-20(24)21(15-18)25-22(26)19-10-6-5-9-17(19)12-11-16-7-3-2-4-8-16/h2-10,13-15H,11-12H2,1H3,(H,25,26). The number of rotatable bonds is 6. The highest BCUT2D eigenvalue weighted by Crippen LogP contribution is 2.25. The molecule has 5 heteroatoms. The van der Waals surface area contributed by atoms with Gasteiger partial charge in [-0.05, 0) is 48.2 Å². The molecule has 0 bridgehead atoms. The number of aryl methyl sites for hydroxylation is 2. The molecule has 0 aliphatic heterocycles. The van der Waals surface area contributed by atoms with E-state index in [1.807, 2.05) is 36.4 Å². The van der Waals surface area contributed by atoms with E-state index in [0.717, 1.165) is 18.4 Å². The van der Waals surface area contributed by atoms with Crippen molar-refractivity contribution in [3.8, 4) is 0 Å². The minimum Gasteiger partial charge on any atom is -0.465 e. The van der Waals surface area contributed by atoms with Crippen molar-refractivity contribution in [2.45, 2.75) is 12.8 Å². The topological polar surface area (TPSA) is 55.4 Å². The first-order valence-electron chi connectivity index (χ1n) is 8.89. The second-order valence-electron chi connectivity index (χ2n) is 6.28. The van der Waals surface area contributed by atoms with E-state index in [0.29, 0.717) is 21.8 Å². The molecule has 142 valence electrons. The van der Waals surface area contributed by atoms with E-state index < -0.39 is 5.97 Å². The van der Waals surface area contributed by atoms with Gasteiger partial charge in [0.25, 0.3) is 5.91 Å². The molecule has 0 aromatic heterocycles. The van der Waals surface area contributed by atoms with Gasteiger partial charge in [-0.25, -0.2) is 4.79 Å². The molecule has 0 saturated carbocycles. The van der Waals surface area contributed by atoms with Gasteiger partial charge >= 0.3 is 5.97 Å². The van der Waals surface area contributed by atoms with Gasteiger partial charge in [0.15, 0.2) is 0 Å². The molecule has 0 aliphatic rings. The Bertz CT molecular complexity index is 986. The van der Waals surface area contributed by atoms with Crippen LogP contribution in [0.5, 0.6) is 0 Å². The summed E-state index contributed by atoms with van der Waals surface area (Å²) >= 11 is 6.19. The Morgan fingerprint density at radius 2 is 1.64 bits per heavy atom. The number of hydrogen-bond acceptors (Lipinski definition) is 3. The quantitative estimate of drug-likeness (QED) is 0.588. The summed E-state index contributed by atoms with van der Waals surface area (Å²) in [6.07, 6.45) is 1.58. The summed E-state index contributed by atoms with van der Waals surface area (Å²) in [6.45, 7) is 0. The molecule has 0 atom stereocenters. The van der Waals surface area contributed by atoms with Crippen LogP contribution in [0.15, 0.2) is 72.8 Å². The summed E-state index contributed by atoms with van der Waals surface area (Å²) < 4.78 is 4.72. The Hall–Kier alpha value is -3.11. The molecule has 3 rings (SSSR count). The van der Waals surface area contributed by atoms with E-state index in [-0.39, 0.29) is 5.91 Å². The fourth-order valence-corrected chi connectivity index (χ4v) is 3.10. The van der Waals surface area contributed by atoms with E-state index >= 15 is 0 Å². The van der Waals surface area contributed by atoms with Gasteiger partial charge in [0, 0.05) is 5.56 Å². The van der Waals surface area contributed by atoms with Crippen molar-refractivity contribution in [3.05, 3.63) is 100 Å². The van der Waals surface area contributed by atoms with Crippen molar-refractivity contribution in [2.24, 2.45) is 0 Å². The van der Waals surface area contributed by atoms with Crippen molar-refractivity contribution in [2.75, 3.05) is 12.4 Å². The maximum atomic E-state index is 12.9. The van der Waals surface area contributed by atoms with Crippen LogP contribution in [0.3, 0.4) is 0 Å². The molecular weight excluding hydrogens is 374 g/mol. The smallest absolute Gasteiger partial charge is 0.337 e. The molecule has 28 heavy (non-hydrogen) atoms. The van der Waals surface area contributed by atoms with Gasteiger partial charge in [-0.2, -0.15) is 0 Å². The maximum Gasteiger partial charge on any atom is 0.337 e. The summed E-state index contributed by atoms with van der Waals surface area (Å²) in [4.78, 5) is 24.6. The van der Waals surface area contributed by atoms with Crippen LogP contribution >= 0.6 is 11.6 Å². The zero-order valence-corrected chi connectivity index (χ0v) is 16.2. The first kappa shape index (κ1) is 19.6. The van der Waals surface area contributed by atoms with Crippen LogP contribution in [0.2, 0.25) is 5.02 Å². The Kier molecular flexibility index (Phi) is 6.45. The lowest BCUT2D eigenvalue weighted by Gasteiger charge is -2.12. The summed E-state index contributed by atoms with van der Waals surface area (Å²) in [5.74, 6) is -0.761. The monoisotopic (exact) mass is 393 g/mol. The molecule has 3 aromatic rings. The van der Waals surface area contributed by atoms with Crippen LogP contribution in [0, 0.1) is 0 Å². The molecule has 1 amide bonds. The van der Waals surface area contributed by atoms with Gasteiger partial charge in [0.2, 0.25) is 0 Å². The van der Waals surface area contributed by atoms with Crippen LogP contribution in [0.25, 0.3) is 0 Å². The Morgan fingerprint density at radius 1 is 0.929 bits per heavy atom. The maximum absolute atomic E-state index is 12.9. The average Bonchev–Trinajstić information content (AvgIpc) is 2.74. The highest BCUT2D eigenvalue weighted by atomic mass is 35.5. The third-order valence-electron chi connectivity index (χ3n) is 4.42. The number of methoxy groups -OCH3 is 1. The molecule has 0 heterocycles. The Balaban J connectivity index is 1.79. The van der Waals surface area contributed by atoms with Gasteiger partial charge in [-0.3, -0.25) is 4.79 Å². The van der Waals surface area contributed by atoms with Crippen LogP contribution in [-0.2, 0) is 17.6 Å². The van der Waals surface area contributed by atoms with Crippen molar-refractivity contribution < 1.29 is 14.3 Å². The second-order valence-corrected chi connectivity index (χ2v) is 6.69. The molecule has 0 aliphatic carbocycles. The zero-order chi connectivity index (χ0) is 19.9. The number of nitrogens with one attached hydrogen (secondary N) is 1. The average molecular weight is 394 g/mol. The highest BCUT2D eigenvalue weighted by Gasteiger charge is 2.15. The fraction of sp³-hybridized carbons (Fsp3) is 0.130. The van der Waals surface area contributed by atoms with Crippen molar-refractivity contribution in [3.63, 3.8) is 0 Å². The van der Waals surface area contributed by atoms with Gasteiger partial charge in [-0.1, -0.05) is 60.1 Å². The molecule has 0 fully saturated rings. The van der Waals surface area contributed by atoms with Crippen molar-refractivity contribution >= 4 is 29.2 Å². The normalized spacial score (nSPS) is 10.4. The van der Waals surface area contributed by atoms with E-state index in [9.17, 15) is 9.59 Å². The van der Waals surface area contributed by atoms with Crippen LogP contribution in [0.4, 0.5) is 5.69 Å². The third kappa shape index (κ3) is 4.78. The Labute approximate surface area is 169 Å². The zero-order valence-electron chi connectivity index (χ0n) is 15.4. The second kappa shape index (κ2) is 9.20. The van der Waals surface area contributed by atoms with Gasteiger partial charge in [0.05, 0.1) is 23.4 Å². The van der Waals surface area contributed by atoms with Gasteiger partial charge in [-0.15, -0.1) is 0 Å².